The van der Waals surface area contributed by atoms with Gasteiger partial charge in [0.15, 0.2) is 0 Å². The van der Waals surface area contributed by atoms with Gasteiger partial charge < -0.3 is 15.4 Å². The van der Waals surface area contributed by atoms with Crippen molar-refractivity contribution in [2.45, 2.75) is 49.1 Å². The van der Waals surface area contributed by atoms with Crippen LogP contribution < -0.4 is 20.7 Å². The number of imide groups is 1. The molecule has 1 saturated carbocycles. The van der Waals surface area contributed by atoms with E-state index >= 15 is 0 Å². The van der Waals surface area contributed by atoms with E-state index in [1.54, 1.807) is 7.11 Å². The van der Waals surface area contributed by atoms with Gasteiger partial charge in [-0.25, -0.2) is 4.79 Å². The van der Waals surface area contributed by atoms with Gasteiger partial charge in [0, 0.05) is 11.5 Å². The second-order valence-corrected chi connectivity index (χ2v) is 8.01. The van der Waals surface area contributed by atoms with E-state index in [0.717, 1.165) is 31.6 Å². The lowest BCUT2D eigenvalue weighted by atomic mass is 9.49. The van der Waals surface area contributed by atoms with Crippen LogP contribution in [0.25, 0.3) is 0 Å². The summed E-state index contributed by atoms with van der Waals surface area (Å²) in [5.41, 5.74) is 1.83. The van der Waals surface area contributed by atoms with Gasteiger partial charge in [0.25, 0.3) is 5.91 Å². The lowest BCUT2D eigenvalue weighted by Gasteiger charge is -2.58. The molecule has 2 aliphatic carbocycles. The van der Waals surface area contributed by atoms with E-state index in [2.05, 4.69) is 28.1 Å². The third-order valence-electron chi connectivity index (χ3n) is 6.98. The SMILES string of the molecule is COc1ccc2c(c1)[C@]13CCN[C@H](C2)[C@@H]1CC[C@@]1(C3)NC(=O)NC1=O. The minimum absolute atomic E-state index is 0.0781. The van der Waals surface area contributed by atoms with Crippen molar-refractivity contribution in [2.24, 2.45) is 5.92 Å². The van der Waals surface area contributed by atoms with Crippen molar-refractivity contribution in [3.05, 3.63) is 29.3 Å². The van der Waals surface area contributed by atoms with Crippen molar-refractivity contribution >= 4 is 11.9 Å². The number of nitrogens with one attached hydrogen (secondary N) is 3. The summed E-state index contributed by atoms with van der Waals surface area (Å²) in [5, 5.41) is 9.11. The van der Waals surface area contributed by atoms with Gasteiger partial charge in [-0.15, -0.1) is 0 Å². The van der Waals surface area contributed by atoms with Gasteiger partial charge in [0.05, 0.1) is 7.11 Å². The monoisotopic (exact) mass is 341 g/mol. The molecular weight excluding hydrogens is 318 g/mol. The molecule has 2 saturated heterocycles. The highest BCUT2D eigenvalue weighted by Crippen LogP contribution is 2.57. The van der Waals surface area contributed by atoms with Crippen LogP contribution in [0.5, 0.6) is 5.75 Å². The number of carbonyl (C=O) groups is 2. The predicted molar refractivity (Wildman–Crippen MR) is 91.5 cm³/mol. The number of hydrogen-bond donors (Lipinski definition) is 3. The van der Waals surface area contributed by atoms with E-state index in [1.807, 2.05) is 6.07 Å². The van der Waals surface area contributed by atoms with E-state index in [9.17, 15) is 9.59 Å². The first-order valence-corrected chi connectivity index (χ1v) is 9.11. The molecule has 6 heteroatoms. The van der Waals surface area contributed by atoms with Gasteiger partial charge in [-0.1, -0.05) is 6.07 Å². The molecule has 5 rings (SSSR count). The van der Waals surface area contributed by atoms with E-state index in [4.69, 9.17) is 4.74 Å². The Hall–Kier alpha value is -2.08. The maximum atomic E-state index is 12.6. The lowest BCUT2D eigenvalue weighted by molar-refractivity contribution is -0.127. The van der Waals surface area contributed by atoms with Gasteiger partial charge >= 0.3 is 6.03 Å². The zero-order valence-corrected chi connectivity index (χ0v) is 14.4. The van der Waals surface area contributed by atoms with E-state index in [0.29, 0.717) is 24.8 Å². The highest BCUT2D eigenvalue weighted by atomic mass is 16.5. The van der Waals surface area contributed by atoms with Crippen molar-refractivity contribution in [3.8, 4) is 5.75 Å². The number of carbonyl (C=O) groups excluding carboxylic acids is 2. The highest BCUT2D eigenvalue weighted by molar-refractivity contribution is 6.07. The number of piperidine rings is 1. The first kappa shape index (κ1) is 15.2. The number of fused-ring (bicyclic) bond motifs is 1. The second kappa shape index (κ2) is 4.97. The maximum absolute atomic E-state index is 12.6. The number of benzene rings is 1. The van der Waals surface area contributed by atoms with Crippen LogP contribution in [0.3, 0.4) is 0 Å². The molecule has 6 nitrogen and oxygen atoms in total. The minimum atomic E-state index is -0.757. The minimum Gasteiger partial charge on any atom is -0.497 e. The van der Waals surface area contributed by atoms with Crippen molar-refractivity contribution in [1.82, 2.24) is 16.0 Å². The predicted octanol–water partition coefficient (Wildman–Crippen LogP) is 1.23. The third kappa shape index (κ3) is 1.94. The first-order chi connectivity index (χ1) is 12.1. The van der Waals surface area contributed by atoms with Crippen LogP contribution in [0.15, 0.2) is 18.2 Å². The fourth-order valence-corrected chi connectivity index (χ4v) is 5.95. The van der Waals surface area contributed by atoms with Crippen molar-refractivity contribution in [1.29, 1.82) is 0 Å². The molecule has 4 atom stereocenters. The first-order valence-electron chi connectivity index (χ1n) is 9.11. The molecule has 25 heavy (non-hydrogen) atoms. The van der Waals surface area contributed by atoms with Gasteiger partial charge in [-0.3, -0.25) is 10.1 Å². The summed E-state index contributed by atoms with van der Waals surface area (Å²) in [5.74, 6) is 1.20. The Morgan fingerprint density at radius 1 is 1.24 bits per heavy atom. The Kier molecular flexibility index (Phi) is 3.02. The second-order valence-electron chi connectivity index (χ2n) is 8.01. The summed E-state index contributed by atoms with van der Waals surface area (Å²) in [6, 6.07) is 6.45. The van der Waals surface area contributed by atoms with Crippen LogP contribution in [0, 0.1) is 5.92 Å². The number of rotatable bonds is 1. The molecule has 2 bridgehead atoms. The summed E-state index contributed by atoms with van der Waals surface area (Å²) >= 11 is 0. The van der Waals surface area contributed by atoms with Crippen molar-refractivity contribution in [3.63, 3.8) is 0 Å². The van der Waals surface area contributed by atoms with Crippen LogP contribution in [-0.4, -0.2) is 37.2 Å². The molecule has 132 valence electrons. The molecule has 0 aromatic heterocycles. The zero-order chi connectivity index (χ0) is 17.2. The Balaban J connectivity index is 1.66. The summed E-state index contributed by atoms with van der Waals surface area (Å²) in [6.07, 6.45) is 4.35. The van der Waals surface area contributed by atoms with Gasteiger partial charge in [-0.2, -0.15) is 0 Å². The van der Waals surface area contributed by atoms with Crippen LogP contribution in [0.2, 0.25) is 0 Å². The molecule has 3 N–H and O–H groups in total. The summed E-state index contributed by atoms with van der Waals surface area (Å²) < 4.78 is 5.48. The lowest BCUT2D eigenvalue weighted by Crippen LogP contribution is -2.66. The van der Waals surface area contributed by atoms with Crippen LogP contribution in [0.1, 0.15) is 36.8 Å². The fourth-order valence-electron chi connectivity index (χ4n) is 5.95. The number of ether oxygens (including phenoxy) is 1. The molecule has 0 radical (unpaired) electrons. The van der Waals surface area contributed by atoms with E-state index in [-0.39, 0.29) is 17.4 Å². The summed E-state index contributed by atoms with van der Waals surface area (Å²) in [7, 11) is 1.69. The Morgan fingerprint density at radius 3 is 2.88 bits per heavy atom. The van der Waals surface area contributed by atoms with Gasteiger partial charge in [-0.05, 0) is 67.8 Å². The zero-order valence-electron chi connectivity index (χ0n) is 14.4. The van der Waals surface area contributed by atoms with Crippen LogP contribution in [-0.2, 0) is 16.6 Å². The Morgan fingerprint density at radius 2 is 2.12 bits per heavy atom. The van der Waals surface area contributed by atoms with Crippen molar-refractivity contribution < 1.29 is 14.3 Å². The number of urea groups is 1. The average Bonchev–Trinajstić information content (AvgIpc) is 2.87. The molecule has 4 aliphatic rings. The standard InChI is InChI=1S/C19H23N3O3/c1-25-12-3-2-11-8-15-13-4-5-19(16(23)21-17(24)22-19)10-18(13,6-7-20-15)14(11)9-12/h2-3,9,13,15,20H,4-8,10H2,1H3,(H2,21,22,23,24)/t13-,15+,18-,19-/m0/s1. The maximum Gasteiger partial charge on any atom is 0.322 e. The molecule has 2 aliphatic heterocycles. The molecule has 3 fully saturated rings. The van der Waals surface area contributed by atoms with Crippen LogP contribution in [0.4, 0.5) is 4.79 Å². The molecule has 1 aromatic carbocycles. The van der Waals surface area contributed by atoms with Crippen molar-refractivity contribution in [2.75, 3.05) is 13.7 Å². The molecular formula is C19H23N3O3. The van der Waals surface area contributed by atoms with Gasteiger partial charge in [0.1, 0.15) is 11.3 Å². The average molecular weight is 341 g/mol. The van der Waals surface area contributed by atoms with Crippen LogP contribution >= 0.6 is 0 Å². The summed E-state index contributed by atoms with van der Waals surface area (Å²) in [6.45, 7) is 0.948. The smallest absolute Gasteiger partial charge is 0.322 e. The van der Waals surface area contributed by atoms with E-state index in [1.165, 1.54) is 11.1 Å². The quantitative estimate of drug-likeness (QED) is 0.671. The molecule has 3 amide bonds. The normalized spacial score (nSPS) is 38.6. The molecule has 2 heterocycles. The highest BCUT2D eigenvalue weighted by Gasteiger charge is 2.61. The van der Waals surface area contributed by atoms with E-state index < -0.39 is 5.54 Å². The Bertz CT molecular complexity index is 779. The Labute approximate surface area is 146 Å². The fraction of sp³-hybridized carbons (Fsp3) is 0.579. The number of methoxy groups -OCH3 is 1. The molecule has 0 unspecified atom stereocenters. The third-order valence-corrected chi connectivity index (χ3v) is 6.98. The number of amides is 3. The van der Waals surface area contributed by atoms with Gasteiger partial charge in [0.2, 0.25) is 0 Å². The summed E-state index contributed by atoms with van der Waals surface area (Å²) in [4.78, 5) is 24.4. The topological polar surface area (TPSA) is 79.5 Å². The number of hydrogen-bond acceptors (Lipinski definition) is 4. The molecule has 1 spiro atoms. The molecule has 1 aromatic rings. The largest absolute Gasteiger partial charge is 0.497 e.